The molecule has 0 aromatic rings. The van der Waals surface area contributed by atoms with E-state index in [4.69, 9.17) is 10.5 Å². The van der Waals surface area contributed by atoms with E-state index in [2.05, 4.69) is 0 Å². The average Bonchev–Trinajstić information content (AvgIpc) is 2.29. The monoisotopic (exact) mass is 242 g/mol. The first-order valence-electron chi connectivity index (χ1n) is 6.45. The number of hydrogen-bond donors (Lipinski definition) is 2. The first-order chi connectivity index (χ1) is 8.15. The number of rotatable bonds is 2. The van der Waals surface area contributed by atoms with E-state index < -0.39 is 0 Å². The van der Waals surface area contributed by atoms with E-state index in [1.165, 1.54) is 0 Å². The summed E-state index contributed by atoms with van der Waals surface area (Å²) in [5, 5.41) is 9.75. The number of ether oxygens (including phenoxy) is 1. The molecular weight excluding hydrogens is 220 g/mol. The van der Waals surface area contributed by atoms with Crippen LogP contribution >= 0.6 is 0 Å². The Bertz CT molecular complexity index is 281. The molecule has 0 aliphatic carbocycles. The number of aliphatic hydroxyl groups is 1. The molecule has 2 aliphatic rings. The molecule has 0 unspecified atom stereocenters. The summed E-state index contributed by atoms with van der Waals surface area (Å²) in [6, 6.07) is 0. The van der Waals surface area contributed by atoms with Gasteiger partial charge < -0.3 is 20.5 Å². The summed E-state index contributed by atoms with van der Waals surface area (Å²) >= 11 is 0. The fourth-order valence-electron chi connectivity index (χ4n) is 2.88. The SMILES string of the molecule is NCCC(=O)N1CCC[C@@]2(C[C@@H](O)CCO2)C1. The quantitative estimate of drug-likeness (QED) is 0.707. The van der Waals surface area contributed by atoms with Gasteiger partial charge in [-0.3, -0.25) is 4.79 Å². The van der Waals surface area contributed by atoms with Crippen LogP contribution in [0, 0.1) is 0 Å². The van der Waals surface area contributed by atoms with Gasteiger partial charge in [0.05, 0.1) is 11.7 Å². The van der Waals surface area contributed by atoms with Crippen LogP contribution in [0.25, 0.3) is 0 Å². The van der Waals surface area contributed by atoms with Crippen molar-refractivity contribution in [2.75, 3.05) is 26.2 Å². The van der Waals surface area contributed by atoms with Crippen LogP contribution in [0.15, 0.2) is 0 Å². The predicted molar refractivity (Wildman–Crippen MR) is 63.4 cm³/mol. The molecule has 2 atom stereocenters. The second-order valence-corrected chi connectivity index (χ2v) is 5.14. The first-order valence-corrected chi connectivity index (χ1v) is 6.45. The van der Waals surface area contributed by atoms with E-state index in [9.17, 15) is 9.90 Å². The summed E-state index contributed by atoms with van der Waals surface area (Å²) < 4.78 is 5.85. The van der Waals surface area contributed by atoms with E-state index >= 15 is 0 Å². The van der Waals surface area contributed by atoms with Gasteiger partial charge in [0.2, 0.25) is 5.91 Å². The van der Waals surface area contributed by atoms with Crippen LogP contribution < -0.4 is 5.73 Å². The molecule has 3 N–H and O–H groups in total. The van der Waals surface area contributed by atoms with Crippen molar-refractivity contribution in [3.63, 3.8) is 0 Å². The maximum atomic E-state index is 11.8. The summed E-state index contributed by atoms with van der Waals surface area (Å²) in [7, 11) is 0. The molecule has 98 valence electrons. The minimum absolute atomic E-state index is 0.107. The summed E-state index contributed by atoms with van der Waals surface area (Å²) in [4.78, 5) is 13.7. The molecule has 5 heteroatoms. The van der Waals surface area contributed by atoms with Gasteiger partial charge in [-0.1, -0.05) is 0 Å². The van der Waals surface area contributed by atoms with Crippen LogP contribution in [-0.2, 0) is 9.53 Å². The van der Waals surface area contributed by atoms with Crippen molar-refractivity contribution in [3.8, 4) is 0 Å². The van der Waals surface area contributed by atoms with Crippen molar-refractivity contribution in [2.24, 2.45) is 5.73 Å². The normalized spacial score (nSPS) is 34.0. The van der Waals surface area contributed by atoms with Crippen LogP contribution in [0.2, 0.25) is 0 Å². The van der Waals surface area contributed by atoms with Crippen LogP contribution in [0.4, 0.5) is 0 Å². The second kappa shape index (κ2) is 5.33. The second-order valence-electron chi connectivity index (χ2n) is 5.14. The van der Waals surface area contributed by atoms with Gasteiger partial charge in [-0.2, -0.15) is 0 Å². The van der Waals surface area contributed by atoms with Crippen molar-refractivity contribution >= 4 is 5.91 Å². The third-order valence-corrected chi connectivity index (χ3v) is 3.72. The highest BCUT2D eigenvalue weighted by Crippen LogP contribution is 2.33. The summed E-state index contributed by atoms with van der Waals surface area (Å²) in [5.41, 5.74) is 5.10. The average molecular weight is 242 g/mol. The number of nitrogens with two attached hydrogens (primary N) is 1. The molecular formula is C12H22N2O3. The van der Waals surface area contributed by atoms with Crippen LogP contribution in [0.3, 0.4) is 0 Å². The van der Waals surface area contributed by atoms with Gasteiger partial charge in [-0.05, 0) is 19.3 Å². The lowest BCUT2D eigenvalue weighted by Crippen LogP contribution is -2.55. The van der Waals surface area contributed by atoms with Crippen LogP contribution in [0.1, 0.15) is 32.1 Å². The van der Waals surface area contributed by atoms with E-state index in [1.54, 1.807) is 0 Å². The topological polar surface area (TPSA) is 75.8 Å². The summed E-state index contributed by atoms with van der Waals surface area (Å²) in [5.74, 6) is 0.107. The van der Waals surface area contributed by atoms with Crippen molar-refractivity contribution in [3.05, 3.63) is 0 Å². The minimum Gasteiger partial charge on any atom is -0.393 e. The molecule has 0 aromatic carbocycles. The molecule has 0 saturated carbocycles. The zero-order chi connectivity index (χ0) is 12.3. The molecule has 1 amide bonds. The van der Waals surface area contributed by atoms with Crippen molar-refractivity contribution < 1.29 is 14.6 Å². The molecule has 0 aromatic heterocycles. The Balaban J connectivity index is 1.98. The largest absolute Gasteiger partial charge is 0.393 e. The molecule has 0 bridgehead atoms. The zero-order valence-electron chi connectivity index (χ0n) is 10.2. The Morgan fingerprint density at radius 2 is 2.41 bits per heavy atom. The number of carbonyl (C=O) groups is 1. The van der Waals surface area contributed by atoms with Gasteiger partial charge >= 0.3 is 0 Å². The Kier molecular flexibility index (Phi) is 4.01. The molecule has 2 aliphatic heterocycles. The van der Waals surface area contributed by atoms with Gasteiger partial charge in [0.1, 0.15) is 0 Å². The fourth-order valence-corrected chi connectivity index (χ4v) is 2.88. The number of aliphatic hydroxyl groups excluding tert-OH is 1. The molecule has 5 nitrogen and oxygen atoms in total. The van der Waals surface area contributed by atoms with Gasteiger partial charge in [0.25, 0.3) is 0 Å². The van der Waals surface area contributed by atoms with Crippen LogP contribution in [-0.4, -0.2) is 53.9 Å². The van der Waals surface area contributed by atoms with E-state index in [-0.39, 0.29) is 17.6 Å². The smallest absolute Gasteiger partial charge is 0.223 e. The third-order valence-electron chi connectivity index (χ3n) is 3.72. The zero-order valence-corrected chi connectivity index (χ0v) is 10.2. The summed E-state index contributed by atoms with van der Waals surface area (Å²) in [6.45, 7) is 2.40. The highest BCUT2D eigenvalue weighted by atomic mass is 16.5. The Morgan fingerprint density at radius 3 is 3.12 bits per heavy atom. The molecule has 0 radical (unpaired) electrons. The van der Waals surface area contributed by atoms with Gasteiger partial charge in [-0.15, -0.1) is 0 Å². The molecule has 17 heavy (non-hydrogen) atoms. The molecule has 2 saturated heterocycles. The first kappa shape index (κ1) is 12.8. The molecule has 2 fully saturated rings. The third kappa shape index (κ3) is 2.97. The Morgan fingerprint density at radius 1 is 1.59 bits per heavy atom. The summed E-state index contributed by atoms with van der Waals surface area (Å²) in [6.07, 6.45) is 3.36. The Hall–Kier alpha value is -0.650. The van der Waals surface area contributed by atoms with Crippen LogP contribution in [0.5, 0.6) is 0 Å². The predicted octanol–water partition coefficient (Wildman–Crippen LogP) is -0.132. The lowest BCUT2D eigenvalue weighted by molar-refractivity contribution is -0.160. The van der Waals surface area contributed by atoms with E-state index in [1.807, 2.05) is 4.90 Å². The molecule has 2 rings (SSSR count). The maximum Gasteiger partial charge on any atom is 0.223 e. The lowest BCUT2D eigenvalue weighted by atomic mass is 9.84. The van der Waals surface area contributed by atoms with E-state index in [0.29, 0.717) is 39.0 Å². The van der Waals surface area contributed by atoms with E-state index in [0.717, 1.165) is 19.4 Å². The van der Waals surface area contributed by atoms with Gasteiger partial charge in [0.15, 0.2) is 0 Å². The van der Waals surface area contributed by atoms with Crippen molar-refractivity contribution in [2.45, 2.75) is 43.8 Å². The Labute approximate surface area is 102 Å². The number of amides is 1. The minimum atomic E-state index is -0.305. The number of hydrogen-bond acceptors (Lipinski definition) is 4. The highest BCUT2D eigenvalue weighted by molar-refractivity contribution is 5.76. The van der Waals surface area contributed by atoms with Gasteiger partial charge in [-0.25, -0.2) is 0 Å². The highest BCUT2D eigenvalue weighted by Gasteiger charge is 2.41. The maximum absolute atomic E-state index is 11.8. The molecule has 1 spiro atoms. The lowest BCUT2D eigenvalue weighted by Gasteiger charge is -2.46. The standard InChI is InChI=1S/C12H22N2O3/c13-5-2-11(16)14-6-1-4-12(9-14)8-10(15)3-7-17-12/h10,15H,1-9,13H2/t10-,12+/m0/s1. The fraction of sp³-hybridized carbons (Fsp3) is 0.917. The van der Waals surface area contributed by atoms with Gasteiger partial charge in [0, 0.05) is 39.1 Å². The number of carbonyl (C=O) groups excluding carboxylic acids is 1. The molecule has 2 heterocycles. The number of nitrogens with zero attached hydrogens (tertiary/aromatic N) is 1. The van der Waals surface area contributed by atoms with Crippen molar-refractivity contribution in [1.29, 1.82) is 0 Å². The number of piperidine rings is 1. The number of likely N-dealkylation sites (tertiary alicyclic amines) is 1. The van der Waals surface area contributed by atoms with Crippen molar-refractivity contribution in [1.82, 2.24) is 4.90 Å².